The van der Waals surface area contributed by atoms with Gasteiger partial charge in [-0.05, 0) is 24.6 Å². The Hall–Kier alpha value is -1.58. The lowest BCUT2D eigenvalue weighted by atomic mass is 10.1. The van der Waals surface area contributed by atoms with Crippen molar-refractivity contribution in [3.63, 3.8) is 0 Å². The second-order valence-corrected chi connectivity index (χ2v) is 4.82. The quantitative estimate of drug-likeness (QED) is 0.805. The van der Waals surface area contributed by atoms with E-state index < -0.39 is 17.8 Å². The molecule has 0 aliphatic rings. The zero-order chi connectivity index (χ0) is 14.3. The SMILES string of the molecule is CCOC(=O)C(N)CSCc1ccc(F)cc1C#N. The van der Waals surface area contributed by atoms with E-state index in [0.717, 1.165) is 5.56 Å². The Morgan fingerprint density at radius 1 is 1.63 bits per heavy atom. The van der Waals surface area contributed by atoms with Gasteiger partial charge in [-0.1, -0.05) is 6.07 Å². The summed E-state index contributed by atoms with van der Waals surface area (Å²) < 4.78 is 17.7. The fourth-order valence-corrected chi connectivity index (χ4v) is 2.37. The highest BCUT2D eigenvalue weighted by Crippen LogP contribution is 2.18. The monoisotopic (exact) mass is 282 g/mol. The fraction of sp³-hybridized carbons (Fsp3) is 0.385. The van der Waals surface area contributed by atoms with Crippen LogP contribution in [0.1, 0.15) is 18.1 Å². The van der Waals surface area contributed by atoms with Crippen LogP contribution >= 0.6 is 11.8 Å². The number of hydrogen-bond acceptors (Lipinski definition) is 5. The summed E-state index contributed by atoms with van der Waals surface area (Å²) in [4.78, 5) is 11.3. The van der Waals surface area contributed by atoms with Crippen molar-refractivity contribution in [2.24, 2.45) is 5.73 Å². The molecule has 102 valence electrons. The zero-order valence-electron chi connectivity index (χ0n) is 10.6. The van der Waals surface area contributed by atoms with E-state index in [4.69, 9.17) is 15.7 Å². The van der Waals surface area contributed by atoms with Crippen molar-refractivity contribution in [3.05, 3.63) is 35.1 Å². The number of thioether (sulfide) groups is 1. The van der Waals surface area contributed by atoms with Crippen molar-refractivity contribution in [1.29, 1.82) is 5.26 Å². The first kappa shape index (κ1) is 15.5. The molecule has 1 aromatic carbocycles. The highest BCUT2D eigenvalue weighted by Gasteiger charge is 2.14. The van der Waals surface area contributed by atoms with Gasteiger partial charge in [0.1, 0.15) is 11.9 Å². The standard InChI is InChI=1S/C13H15FN2O2S/c1-2-18-13(17)12(16)8-19-7-9-3-4-11(14)5-10(9)6-15/h3-5,12H,2,7-8,16H2,1H3. The number of ether oxygens (including phenoxy) is 1. The highest BCUT2D eigenvalue weighted by atomic mass is 32.2. The number of nitrogens with two attached hydrogens (primary N) is 1. The second-order valence-electron chi connectivity index (χ2n) is 3.79. The minimum Gasteiger partial charge on any atom is -0.465 e. The maximum absolute atomic E-state index is 12.9. The van der Waals surface area contributed by atoms with Gasteiger partial charge in [-0.25, -0.2) is 4.39 Å². The maximum Gasteiger partial charge on any atom is 0.323 e. The molecule has 0 aliphatic carbocycles. The molecule has 0 heterocycles. The van der Waals surface area contributed by atoms with Crippen LogP contribution in [-0.2, 0) is 15.3 Å². The summed E-state index contributed by atoms with van der Waals surface area (Å²) in [6.45, 7) is 2.02. The number of hydrogen-bond donors (Lipinski definition) is 1. The molecule has 0 spiro atoms. The van der Waals surface area contributed by atoms with Crippen LogP contribution in [0.15, 0.2) is 18.2 Å². The molecule has 1 aromatic rings. The first-order valence-corrected chi connectivity index (χ1v) is 6.92. The Bertz CT molecular complexity index is 488. The van der Waals surface area contributed by atoms with Gasteiger partial charge in [-0.3, -0.25) is 4.79 Å². The molecule has 0 radical (unpaired) electrons. The summed E-state index contributed by atoms with van der Waals surface area (Å²) >= 11 is 1.40. The van der Waals surface area contributed by atoms with Crippen molar-refractivity contribution in [2.45, 2.75) is 18.7 Å². The summed E-state index contributed by atoms with van der Waals surface area (Å²) in [5.41, 5.74) is 6.67. The van der Waals surface area contributed by atoms with Gasteiger partial charge >= 0.3 is 5.97 Å². The van der Waals surface area contributed by atoms with Crippen LogP contribution in [0.25, 0.3) is 0 Å². The van der Waals surface area contributed by atoms with Crippen LogP contribution in [0, 0.1) is 17.1 Å². The molecule has 19 heavy (non-hydrogen) atoms. The van der Waals surface area contributed by atoms with Crippen molar-refractivity contribution in [1.82, 2.24) is 0 Å². The number of nitriles is 1. The molecule has 1 unspecified atom stereocenters. The molecular formula is C13H15FN2O2S. The summed E-state index contributed by atoms with van der Waals surface area (Å²) in [5, 5.41) is 8.88. The van der Waals surface area contributed by atoms with Gasteiger partial charge in [-0.15, -0.1) is 0 Å². The van der Waals surface area contributed by atoms with Gasteiger partial charge in [-0.2, -0.15) is 17.0 Å². The van der Waals surface area contributed by atoms with Crippen LogP contribution in [0.2, 0.25) is 0 Å². The van der Waals surface area contributed by atoms with E-state index >= 15 is 0 Å². The third-order valence-electron chi connectivity index (χ3n) is 2.34. The predicted octanol–water partition coefficient (Wildman–Crippen LogP) is 1.82. The highest BCUT2D eigenvalue weighted by molar-refractivity contribution is 7.98. The smallest absolute Gasteiger partial charge is 0.323 e. The summed E-state index contributed by atoms with van der Waals surface area (Å²) in [6.07, 6.45) is 0. The number of rotatable bonds is 6. The van der Waals surface area contributed by atoms with E-state index in [1.54, 1.807) is 13.0 Å². The molecule has 6 heteroatoms. The molecule has 0 aromatic heterocycles. The molecule has 2 N–H and O–H groups in total. The third kappa shape index (κ3) is 4.89. The first-order valence-electron chi connectivity index (χ1n) is 5.77. The minimum absolute atomic E-state index is 0.299. The summed E-state index contributed by atoms with van der Waals surface area (Å²) in [7, 11) is 0. The van der Waals surface area contributed by atoms with Crippen LogP contribution in [0.5, 0.6) is 0 Å². The van der Waals surface area contributed by atoms with E-state index in [9.17, 15) is 9.18 Å². The number of esters is 1. The molecule has 0 saturated carbocycles. The van der Waals surface area contributed by atoms with Gasteiger partial charge in [0, 0.05) is 11.5 Å². The first-order chi connectivity index (χ1) is 9.08. The van der Waals surface area contributed by atoms with Gasteiger partial charge in [0.15, 0.2) is 0 Å². The number of benzene rings is 1. The fourth-order valence-electron chi connectivity index (χ4n) is 1.39. The van der Waals surface area contributed by atoms with E-state index in [-0.39, 0.29) is 0 Å². The largest absolute Gasteiger partial charge is 0.465 e. The normalized spacial score (nSPS) is 11.7. The molecule has 1 rings (SSSR count). The topological polar surface area (TPSA) is 76.1 Å². The molecule has 0 amide bonds. The summed E-state index contributed by atoms with van der Waals surface area (Å²) in [6, 6.07) is 5.33. The molecular weight excluding hydrogens is 267 g/mol. The maximum atomic E-state index is 12.9. The molecule has 0 saturated heterocycles. The second kappa shape index (κ2) is 7.77. The Morgan fingerprint density at radius 3 is 3.00 bits per heavy atom. The molecule has 4 nitrogen and oxygen atoms in total. The van der Waals surface area contributed by atoms with Gasteiger partial charge in [0.2, 0.25) is 0 Å². The van der Waals surface area contributed by atoms with E-state index in [1.807, 2.05) is 6.07 Å². The summed E-state index contributed by atoms with van der Waals surface area (Å²) in [5.74, 6) is 0.0142. The van der Waals surface area contributed by atoms with E-state index in [0.29, 0.717) is 23.7 Å². The third-order valence-corrected chi connectivity index (χ3v) is 3.45. The molecule has 0 fully saturated rings. The number of carbonyl (C=O) groups is 1. The zero-order valence-corrected chi connectivity index (χ0v) is 11.4. The van der Waals surface area contributed by atoms with Gasteiger partial charge in [0.05, 0.1) is 18.2 Å². The number of nitrogens with zero attached hydrogens (tertiary/aromatic N) is 1. The van der Waals surface area contributed by atoms with E-state index in [2.05, 4.69) is 0 Å². The Morgan fingerprint density at radius 2 is 2.37 bits per heavy atom. The Kier molecular flexibility index (Phi) is 6.33. The molecule has 0 bridgehead atoms. The molecule has 0 aliphatic heterocycles. The van der Waals surface area contributed by atoms with Crippen LogP contribution in [-0.4, -0.2) is 24.4 Å². The average molecular weight is 282 g/mol. The van der Waals surface area contributed by atoms with E-state index in [1.165, 1.54) is 23.9 Å². The predicted molar refractivity (Wildman–Crippen MR) is 71.9 cm³/mol. The van der Waals surface area contributed by atoms with Gasteiger partial charge < -0.3 is 10.5 Å². The van der Waals surface area contributed by atoms with Crippen molar-refractivity contribution in [3.8, 4) is 6.07 Å². The number of carbonyl (C=O) groups excluding carboxylic acids is 1. The minimum atomic E-state index is -0.684. The number of halogens is 1. The lowest BCUT2D eigenvalue weighted by Crippen LogP contribution is -2.34. The van der Waals surface area contributed by atoms with Crippen molar-refractivity contribution in [2.75, 3.05) is 12.4 Å². The van der Waals surface area contributed by atoms with Crippen LogP contribution in [0.4, 0.5) is 4.39 Å². The average Bonchev–Trinajstić information content (AvgIpc) is 2.40. The van der Waals surface area contributed by atoms with Gasteiger partial charge in [0.25, 0.3) is 0 Å². The Labute approximate surface area is 115 Å². The van der Waals surface area contributed by atoms with Crippen LogP contribution in [0.3, 0.4) is 0 Å². The molecule has 1 atom stereocenters. The van der Waals surface area contributed by atoms with Crippen molar-refractivity contribution < 1.29 is 13.9 Å². The van der Waals surface area contributed by atoms with Crippen LogP contribution < -0.4 is 5.73 Å². The Balaban J connectivity index is 2.50. The lowest BCUT2D eigenvalue weighted by Gasteiger charge is -2.10. The lowest BCUT2D eigenvalue weighted by molar-refractivity contribution is -0.144. The van der Waals surface area contributed by atoms with Crippen molar-refractivity contribution >= 4 is 17.7 Å².